The molecule has 4 rings (SSSR count). The predicted octanol–water partition coefficient (Wildman–Crippen LogP) is 6.46. The maximum Gasteiger partial charge on any atom is 0.336 e. The third kappa shape index (κ3) is 7.11. The van der Waals surface area contributed by atoms with Crippen LogP contribution in [0.25, 0.3) is 6.08 Å². The van der Waals surface area contributed by atoms with Gasteiger partial charge in [0.05, 0.1) is 0 Å². The molecule has 164 valence electrons. The fraction of sp³-hybridized carbons (Fsp3) is 0.0690. The summed E-state index contributed by atoms with van der Waals surface area (Å²) in [5, 5.41) is 0. The Labute approximate surface area is 193 Å². The maximum atomic E-state index is 12.1. The summed E-state index contributed by atoms with van der Waals surface area (Å²) < 4.78 is 16.9. The van der Waals surface area contributed by atoms with Crippen LogP contribution in [0.4, 0.5) is 0 Å². The fourth-order valence-electron chi connectivity index (χ4n) is 3.08. The molecule has 4 nitrogen and oxygen atoms in total. The third-order valence-corrected chi connectivity index (χ3v) is 4.83. The molecular weight excluding hydrogens is 412 g/mol. The van der Waals surface area contributed by atoms with Gasteiger partial charge in [0.2, 0.25) is 0 Å². The smallest absolute Gasteiger partial charge is 0.336 e. The summed E-state index contributed by atoms with van der Waals surface area (Å²) in [5.41, 5.74) is 3.08. The van der Waals surface area contributed by atoms with E-state index in [0.29, 0.717) is 24.7 Å². The van der Waals surface area contributed by atoms with Crippen LogP contribution in [0.2, 0.25) is 0 Å². The second-order valence-corrected chi connectivity index (χ2v) is 7.34. The van der Waals surface area contributed by atoms with E-state index in [-0.39, 0.29) is 0 Å². The first-order valence-electron chi connectivity index (χ1n) is 10.7. The van der Waals surface area contributed by atoms with Crippen molar-refractivity contribution in [1.82, 2.24) is 0 Å². The number of hydrogen-bond donors (Lipinski definition) is 0. The van der Waals surface area contributed by atoms with Crippen molar-refractivity contribution in [3.05, 3.63) is 132 Å². The van der Waals surface area contributed by atoms with Gasteiger partial charge in [0.1, 0.15) is 30.5 Å². The topological polar surface area (TPSA) is 44.8 Å². The number of hydrogen-bond acceptors (Lipinski definition) is 4. The molecule has 4 aromatic rings. The van der Waals surface area contributed by atoms with E-state index in [0.717, 1.165) is 22.4 Å². The summed E-state index contributed by atoms with van der Waals surface area (Å²) in [6.07, 6.45) is 3.11. The summed E-state index contributed by atoms with van der Waals surface area (Å²) in [5.74, 6) is 1.50. The second kappa shape index (κ2) is 11.3. The molecule has 0 aromatic heterocycles. The van der Waals surface area contributed by atoms with E-state index in [1.807, 2.05) is 84.9 Å². The molecule has 0 aliphatic carbocycles. The van der Waals surface area contributed by atoms with Crippen molar-refractivity contribution in [2.45, 2.75) is 13.2 Å². The molecule has 0 unspecified atom stereocenters. The summed E-state index contributed by atoms with van der Waals surface area (Å²) >= 11 is 0. The highest BCUT2D eigenvalue weighted by molar-refractivity contribution is 5.88. The van der Waals surface area contributed by atoms with E-state index < -0.39 is 5.97 Å². The van der Waals surface area contributed by atoms with Crippen molar-refractivity contribution in [3.63, 3.8) is 0 Å². The molecule has 0 atom stereocenters. The molecule has 0 bridgehead atoms. The highest BCUT2D eigenvalue weighted by atomic mass is 16.5. The van der Waals surface area contributed by atoms with Gasteiger partial charge in [-0.2, -0.15) is 0 Å². The van der Waals surface area contributed by atoms with Gasteiger partial charge >= 0.3 is 5.97 Å². The number of carbonyl (C=O) groups is 1. The zero-order valence-electron chi connectivity index (χ0n) is 18.1. The quantitative estimate of drug-likeness (QED) is 0.171. The predicted molar refractivity (Wildman–Crippen MR) is 129 cm³/mol. The monoisotopic (exact) mass is 436 g/mol. The molecule has 0 fully saturated rings. The Hall–Kier alpha value is -4.31. The van der Waals surface area contributed by atoms with Gasteiger partial charge in [-0.25, -0.2) is 4.79 Å². The molecule has 4 heteroatoms. The largest absolute Gasteiger partial charge is 0.489 e. The maximum absolute atomic E-state index is 12.1. The van der Waals surface area contributed by atoms with Crippen LogP contribution >= 0.6 is 0 Å². The molecule has 0 heterocycles. The van der Waals surface area contributed by atoms with Crippen LogP contribution in [0.3, 0.4) is 0 Å². The molecule has 0 saturated heterocycles. The average Bonchev–Trinajstić information content (AvgIpc) is 2.88. The van der Waals surface area contributed by atoms with Crippen LogP contribution in [0.1, 0.15) is 16.7 Å². The van der Waals surface area contributed by atoms with Crippen LogP contribution in [0.15, 0.2) is 115 Å². The van der Waals surface area contributed by atoms with Crippen LogP contribution in [0.5, 0.6) is 17.2 Å². The van der Waals surface area contributed by atoms with Crippen LogP contribution < -0.4 is 14.2 Å². The summed E-state index contributed by atoms with van der Waals surface area (Å²) in [4.78, 5) is 12.1. The van der Waals surface area contributed by atoms with Crippen LogP contribution in [-0.2, 0) is 18.0 Å². The van der Waals surface area contributed by atoms with Gasteiger partial charge in [0.25, 0.3) is 0 Å². The van der Waals surface area contributed by atoms with Gasteiger partial charge in [0, 0.05) is 6.08 Å². The van der Waals surface area contributed by atoms with E-state index >= 15 is 0 Å². The van der Waals surface area contributed by atoms with E-state index in [1.54, 1.807) is 30.3 Å². The lowest BCUT2D eigenvalue weighted by molar-refractivity contribution is -0.128. The summed E-state index contributed by atoms with van der Waals surface area (Å²) in [6.45, 7) is 0.997. The molecule has 33 heavy (non-hydrogen) atoms. The normalized spacial score (nSPS) is 10.7. The summed E-state index contributed by atoms with van der Waals surface area (Å²) in [6, 6.07) is 34.5. The Bertz CT molecular complexity index is 1170. The zero-order chi connectivity index (χ0) is 22.7. The van der Waals surface area contributed by atoms with Gasteiger partial charge in [0.15, 0.2) is 0 Å². The molecule has 0 spiro atoms. The SMILES string of the molecule is O=C(/C=C/c1ccc(OCc2ccccc2)cc1)Oc1ccc(OCc2ccccc2)cc1. The Kier molecular flexibility index (Phi) is 7.53. The van der Waals surface area contributed by atoms with Crippen molar-refractivity contribution >= 4 is 12.0 Å². The van der Waals surface area contributed by atoms with Gasteiger partial charge in [-0.15, -0.1) is 0 Å². The van der Waals surface area contributed by atoms with Gasteiger partial charge in [-0.3, -0.25) is 0 Å². The van der Waals surface area contributed by atoms with E-state index in [4.69, 9.17) is 14.2 Å². The Morgan fingerprint density at radius 3 is 1.55 bits per heavy atom. The Morgan fingerprint density at radius 2 is 1.03 bits per heavy atom. The minimum Gasteiger partial charge on any atom is -0.489 e. The van der Waals surface area contributed by atoms with Crippen molar-refractivity contribution in [1.29, 1.82) is 0 Å². The molecule has 4 aromatic carbocycles. The molecule has 0 N–H and O–H groups in total. The number of rotatable bonds is 9. The standard InChI is InChI=1S/C29H24O4/c30-29(33-28-18-16-27(17-19-28)32-22-25-9-5-2-6-10-25)20-13-23-11-14-26(15-12-23)31-21-24-7-3-1-4-8-24/h1-20H,21-22H2/b20-13+. The van der Waals surface area contributed by atoms with E-state index in [1.165, 1.54) is 6.08 Å². The van der Waals surface area contributed by atoms with Crippen molar-refractivity contribution in [2.24, 2.45) is 0 Å². The third-order valence-electron chi connectivity index (χ3n) is 4.83. The van der Waals surface area contributed by atoms with Gasteiger partial charge < -0.3 is 14.2 Å². The first kappa shape index (κ1) is 21.9. The highest BCUT2D eigenvalue weighted by Gasteiger charge is 2.02. The average molecular weight is 437 g/mol. The first-order valence-corrected chi connectivity index (χ1v) is 10.7. The van der Waals surface area contributed by atoms with Crippen molar-refractivity contribution in [2.75, 3.05) is 0 Å². The lowest BCUT2D eigenvalue weighted by atomic mass is 10.2. The van der Waals surface area contributed by atoms with Gasteiger partial charge in [-0.05, 0) is 59.2 Å². The van der Waals surface area contributed by atoms with Crippen LogP contribution in [-0.4, -0.2) is 5.97 Å². The minimum atomic E-state index is -0.447. The first-order chi connectivity index (χ1) is 16.2. The number of carbonyl (C=O) groups excluding carboxylic acids is 1. The molecule has 0 saturated carbocycles. The zero-order valence-corrected chi connectivity index (χ0v) is 18.1. The molecule has 0 amide bonds. The molecule has 0 radical (unpaired) electrons. The number of esters is 1. The van der Waals surface area contributed by atoms with Crippen LogP contribution in [0, 0.1) is 0 Å². The molecule has 0 aliphatic heterocycles. The second-order valence-electron chi connectivity index (χ2n) is 7.34. The molecule has 0 aliphatic rings. The van der Waals surface area contributed by atoms with Crippen molar-refractivity contribution < 1.29 is 19.0 Å². The molecular formula is C29H24O4. The van der Waals surface area contributed by atoms with Gasteiger partial charge in [-0.1, -0.05) is 72.8 Å². The number of benzene rings is 4. The Balaban J connectivity index is 1.23. The summed E-state index contributed by atoms with van der Waals surface area (Å²) in [7, 11) is 0. The number of ether oxygens (including phenoxy) is 3. The minimum absolute atomic E-state index is 0.447. The fourth-order valence-corrected chi connectivity index (χ4v) is 3.08. The Morgan fingerprint density at radius 1 is 0.576 bits per heavy atom. The van der Waals surface area contributed by atoms with Crippen molar-refractivity contribution in [3.8, 4) is 17.2 Å². The van der Waals surface area contributed by atoms with E-state index in [2.05, 4.69) is 0 Å². The lowest BCUT2D eigenvalue weighted by Gasteiger charge is -2.07. The highest BCUT2D eigenvalue weighted by Crippen LogP contribution is 2.19. The lowest BCUT2D eigenvalue weighted by Crippen LogP contribution is -2.03. The van der Waals surface area contributed by atoms with E-state index in [9.17, 15) is 4.79 Å².